The molecule has 1 aliphatic heterocycles. The molecule has 1 saturated heterocycles. The first kappa shape index (κ1) is 15.3. The highest BCUT2D eigenvalue weighted by atomic mass is 32.2. The number of benzene rings is 1. The maximum atomic E-state index is 13.8. The Bertz CT molecular complexity index is 634. The Labute approximate surface area is 122 Å². The van der Waals surface area contributed by atoms with Crippen molar-refractivity contribution in [2.45, 2.75) is 23.8 Å². The third-order valence-electron chi connectivity index (χ3n) is 3.20. The molecule has 1 aliphatic rings. The van der Waals surface area contributed by atoms with Crippen LogP contribution in [0.5, 0.6) is 0 Å². The van der Waals surface area contributed by atoms with Gasteiger partial charge < -0.3 is 10.8 Å². The molecule has 8 heteroatoms. The lowest BCUT2D eigenvalue weighted by atomic mass is 10.1. The van der Waals surface area contributed by atoms with Crippen LogP contribution in [0.3, 0.4) is 0 Å². The van der Waals surface area contributed by atoms with E-state index in [0.717, 1.165) is 10.4 Å². The highest BCUT2D eigenvalue weighted by molar-refractivity contribution is 7.89. The summed E-state index contributed by atoms with van der Waals surface area (Å²) in [5.74, 6) is -0.767. The van der Waals surface area contributed by atoms with Crippen LogP contribution in [0, 0.1) is 5.82 Å². The molecule has 110 valence electrons. The number of thiocarbonyl (C=S) groups is 1. The predicted octanol–water partition coefficient (Wildman–Crippen LogP) is 0.605. The number of nitrogens with zero attached hydrogens (tertiary/aromatic N) is 1. The van der Waals surface area contributed by atoms with Gasteiger partial charge in [0.1, 0.15) is 10.8 Å². The number of rotatable bonds is 3. The van der Waals surface area contributed by atoms with Gasteiger partial charge in [0, 0.05) is 13.1 Å². The molecule has 1 unspecified atom stereocenters. The normalized spacial score (nSPS) is 20.8. The van der Waals surface area contributed by atoms with Crippen LogP contribution >= 0.6 is 12.2 Å². The van der Waals surface area contributed by atoms with Crippen molar-refractivity contribution in [2.75, 3.05) is 13.1 Å². The van der Waals surface area contributed by atoms with Crippen LogP contribution in [0.2, 0.25) is 0 Å². The van der Waals surface area contributed by atoms with E-state index in [-0.39, 0.29) is 28.5 Å². The molecule has 5 nitrogen and oxygen atoms in total. The highest BCUT2D eigenvalue weighted by Crippen LogP contribution is 2.25. The minimum absolute atomic E-state index is 0.00435. The van der Waals surface area contributed by atoms with E-state index in [9.17, 15) is 17.9 Å². The summed E-state index contributed by atoms with van der Waals surface area (Å²) in [7, 11) is -3.93. The molecule has 20 heavy (non-hydrogen) atoms. The monoisotopic (exact) mass is 318 g/mol. The molecule has 0 aliphatic carbocycles. The Hall–Kier alpha value is -1.09. The molecular formula is C12H15FN2O3S2. The van der Waals surface area contributed by atoms with E-state index in [4.69, 9.17) is 18.0 Å². The molecule has 0 radical (unpaired) electrons. The van der Waals surface area contributed by atoms with E-state index in [1.807, 2.05) is 0 Å². The van der Waals surface area contributed by atoms with Gasteiger partial charge in [-0.15, -0.1) is 0 Å². The standard InChI is InChI=1S/C12H15FN2O3S2/c13-9-4-1-5-10(11(9)12(14)19)20(17,18)15-6-2-3-8(16)7-15/h1,4-5,8,16H,2-3,6-7H2,(H2,14,19). The average molecular weight is 318 g/mol. The number of sulfonamides is 1. The Kier molecular flexibility index (Phi) is 4.38. The first-order chi connectivity index (χ1) is 9.34. The van der Waals surface area contributed by atoms with Crippen molar-refractivity contribution in [3.63, 3.8) is 0 Å². The summed E-state index contributed by atoms with van der Waals surface area (Å²) in [5, 5.41) is 9.59. The predicted molar refractivity (Wildman–Crippen MR) is 76.3 cm³/mol. The maximum Gasteiger partial charge on any atom is 0.243 e. The molecule has 0 saturated carbocycles. The van der Waals surface area contributed by atoms with Gasteiger partial charge in [0.2, 0.25) is 10.0 Å². The molecule has 1 atom stereocenters. The number of hydrogen-bond donors (Lipinski definition) is 2. The minimum atomic E-state index is -3.93. The summed E-state index contributed by atoms with van der Waals surface area (Å²) in [6.45, 7) is 0.280. The second kappa shape index (κ2) is 5.72. The first-order valence-corrected chi connectivity index (χ1v) is 7.95. The van der Waals surface area contributed by atoms with Gasteiger partial charge in [0.15, 0.2) is 0 Å². The third-order valence-corrected chi connectivity index (χ3v) is 5.31. The molecular weight excluding hydrogens is 303 g/mol. The number of aliphatic hydroxyl groups excluding tert-OH is 1. The van der Waals surface area contributed by atoms with Crippen LogP contribution in [0.4, 0.5) is 4.39 Å². The summed E-state index contributed by atoms with van der Waals surface area (Å²) >= 11 is 4.74. The van der Waals surface area contributed by atoms with Crippen molar-refractivity contribution in [2.24, 2.45) is 5.73 Å². The van der Waals surface area contributed by atoms with Crippen molar-refractivity contribution in [1.82, 2.24) is 4.31 Å². The summed E-state index contributed by atoms with van der Waals surface area (Å²) in [4.78, 5) is -0.557. The summed E-state index contributed by atoms with van der Waals surface area (Å²) < 4.78 is 40.0. The molecule has 3 N–H and O–H groups in total. The van der Waals surface area contributed by atoms with Gasteiger partial charge in [-0.25, -0.2) is 12.8 Å². The zero-order valence-electron chi connectivity index (χ0n) is 10.6. The van der Waals surface area contributed by atoms with Gasteiger partial charge in [0.05, 0.1) is 16.6 Å². The van der Waals surface area contributed by atoms with E-state index in [1.165, 1.54) is 12.1 Å². The maximum absolute atomic E-state index is 13.8. The van der Waals surface area contributed by atoms with E-state index in [1.54, 1.807) is 0 Å². The van der Waals surface area contributed by atoms with Crippen molar-refractivity contribution < 1.29 is 17.9 Å². The molecule has 1 fully saturated rings. The average Bonchev–Trinajstić information content (AvgIpc) is 2.38. The lowest BCUT2D eigenvalue weighted by molar-refractivity contribution is 0.108. The SMILES string of the molecule is NC(=S)c1c(F)cccc1S(=O)(=O)N1CCCC(O)C1. The van der Waals surface area contributed by atoms with Gasteiger partial charge in [-0.05, 0) is 25.0 Å². The zero-order valence-corrected chi connectivity index (χ0v) is 12.3. The lowest BCUT2D eigenvalue weighted by Gasteiger charge is -2.29. The van der Waals surface area contributed by atoms with Crippen LogP contribution in [-0.2, 0) is 10.0 Å². The zero-order chi connectivity index (χ0) is 14.9. The van der Waals surface area contributed by atoms with Crippen molar-refractivity contribution in [3.05, 3.63) is 29.6 Å². The van der Waals surface area contributed by atoms with Crippen molar-refractivity contribution in [1.29, 1.82) is 0 Å². The van der Waals surface area contributed by atoms with Gasteiger partial charge in [0.25, 0.3) is 0 Å². The quantitative estimate of drug-likeness (QED) is 0.798. The minimum Gasteiger partial charge on any atom is -0.392 e. The molecule has 0 spiro atoms. The van der Waals surface area contributed by atoms with Crippen LogP contribution in [0.25, 0.3) is 0 Å². The fraction of sp³-hybridized carbons (Fsp3) is 0.417. The Morgan fingerprint density at radius 2 is 2.20 bits per heavy atom. The summed E-state index contributed by atoms with van der Waals surface area (Å²) in [6, 6.07) is 3.68. The van der Waals surface area contributed by atoms with E-state index >= 15 is 0 Å². The van der Waals surface area contributed by atoms with Crippen LogP contribution in [0.1, 0.15) is 18.4 Å². The van der Waals surface area contributed by atoms with Gasteiger partial charge >= 0.3 is 0 Å². The van der Waals surface area contributed by atoms with Crippen LogP contribution in [0.15, 0.2) is 23.1 Å². The number of nitrogens with two attached hydrogens (primary N) is 1. The Balaban J connectivity index is 2.49. The Morgan fingerprint density at radius 3 is 2.80 bits per heavy atom. The number of piperidine rings is 1. The van der Waals surface area contributed by atoms with Crippen molar-refractivity contribution in [3.8, 4) is 0 Å². The largest absolute Gasteiger partial charge is 0.392 e. The van der Waals surface area contributed by atoms with Crippen LogP contribution in [-0.4, -0.2) is 42.0 Å². The molecule has 2 rings (SSSR count). The highest BCUT2D eigenvalue weighted by Gasteiger charge is 2.32. The second-order valence-electron chi connectivity index (χ2n) is 4.64. The second-order valence-corrected chi connectivity index (χ2v) is 6.98. The smallest absolute Gasteiger partial charge is 0.243 e. The molecule has 0 amide bonds. The van der Waals surface area contributed by atoms with Gasteiger partial charge in [-0.2, -0.15) is 4.31 Å². The molecule has 0 aromatic heterocycles. The molecule has 1 aromatic rings. The van der Waals surface area contributed by atoms with Gasteiger partial charge in [-0.1, -0.05) is 18.3 Å². The van der Waals surface area contributed by atoms with E-state index < -0.39 is 21.9 Å². The molecule has 0 bridgehead atoms. The summed E-state index contributed by atoms with van der Waals surface area (Å²) in [5.41, 5.74) is 5.15. The number of aliphatic hydroxyl groups is 1. The molecule has 1 heterocycles. The number of hydrogen-bond acceptors (Lipinski definition) is 4. The number of halogens is 1. The first-order valence-electron chi connectivity index (χ1n) is 6.10. The third kappa shape index (κ3) is 2.83. The van der Waals surface area contributed by atoms with E-state index in [2.05, 4.69) is 0 Å². The number of β-amino-alcohol motifs (C(OH)–C–C–N with tert-alkyl or cyclic N) is 1. The van der Waals surface area contributed by atoms with E-state index in [0.29, 0.717) is 12.8 Å². The fourth-order valence-electron chi connectivity index (χ4n) is 2.24. The topological polar surface area (TPSA) is 83.6 Å². The van der Waals surface area contributed by atoms with Crippen molar-refractivity contribution >= 4 is 27.2 Å². The lowest BCUT2D eigenvalue weighted by Crippen LogP contribution is -2.42. The van der Waals surface area contributed by atoms with Crippen LogP contribution < -0.4 is 5.73 Å². The summed E-state index contributed by atoms with van der Waals surface area (Å²) in [6.07, 6.45) is 0.399. The van der Waals surface area contributed by atoms with Gasteiger partial charge in [-0.3, -0.25) is 0 Å². The Morgan fingerprint density at radius 1 is 1.50 bits per heavy atom. The molecule has 1 aromatic carbocycles. The fourth-order valence-corrected chi connectivity index (χ4v) is 4.24.